The highest BCUT2D eigenvalue weighted by Gasteiger charge is 2.33. The van der Waals surface area contributed by atoms with Crippen LogP contribution in [-0.2, 0) is 20.6 Å². The Kier molecular flexibility index (Phi) is 7.29. The maximum atomic E-state index is 12.9. The molecular formula is C25H26N2O3S2. The summed E-state index contributed by atoms with van der Waals surface area (Å²) in [5.74, 6) is 0.354. The zero-order chi connectivity index (χ0) is 22.4. The fourth-order valence-corrected chi connectivity index (χ4v) is 6.15. The number of benzene rings is 3. The van der Waals surface area contributed by atoms with Crippen molar-refractivity contribution >= 4 is 33.4 Å². The zero-order valence-corrected chi connectivity index (χ0v) is 19.3. The van der Waals surface area contributed by atoms with E-state index in [4.69, 9.17) is 0 Å². The van der Waals surface area contributed by atoms with Crippen LogP contribution >= 0.6 is 11.8 Å². The molecule has 3 aromatic carbocycles. The van der Waals surface area contributed by atoms with Gasteiger partial charge in [0.2, 0.25) is 15.9 Å². The Bertz CT molecular complexity index is 1130. The molecule has 166 valence electrons. The molecule has 1 saturated heterocycles. The lowest BCUT2D eigenvalue weighted by atomic mass is 9.98. The highest BCUT2D eigenvalue weighted by molar-refractivity contribution is 7.98. The number of sulfonamides is 1. The maximum absolute atomic E-state index is 12.9. The minimum atomic E-state index is -3.59. The van der Waals surface area contributed by atoms with Gasteiger partial charge in [-0.25, -0.2) is 8.42 Å². The first-order valence-electron chi connectivity index (χ1n) is 10.7. The molecule has 1 atom stereocenters. The van der Waals surface area contributed by atoms with Gasteiger partial charge in [-0.3, -0.25) is 4.79 Å². The number of carbonyl (C=O) groups excluding carboxylic acids is 1. The second-order valence-electron chi connectivity index (χ2n) is 7.80. The van der Waals surface area contributed by atoms with E-state index in [-0.39, 0.29) is 23.3 Å². The van der Waals surface area contributed by atoms with Crippen molar-refractivity contribution in [2.45, 2.75) is 28.4 Å². The lowest BCUT2D eigenvalue weighted by Gasteiger charge is -2.31. The van der Waals surface area contributed by atoms with Gasteiger partial charge < -0.3 is 5.32 Å². The normalized spacial score (nSPS) is 17.1. The van der Waals surface area contributed by atoms with E-state index in [1.54, 1.807) is 42.1 Å². The molecule has 1 heterocycles. The van der Waals surface area contributed by atoms with Crippen LogP contribution in [0.25, 0.3) is 0 Å². The predicted molar refractivity (Wildman–Crippen MR) is 129 cm³/mol. The van der Waals surface area contributed by atoms with Crippen molar-refractivity contribution in [3.05, 3.63) is 90.5 Å². The molecule has 32 heavy (non-hydrogen) atoms. The number of thioether (sulfide) groups is 1. The lowest BCUT2D eigenvalue weighted by Crippen LogP contribution is -2.43. The van der Waals surface area contributed by atoms with Crippen LogP contribution in [0.2, 0.25) is 0 Å². The minimum absolute atomic E-state index is 0.135. The Hall–Kier alpha value is -2.61. The maximum Gasteiger partial charge on any atom is 0.243 e. The Balaban J connectivity index is 1.34. The number of nitrogens with zero attached hydrogens (tertiary/aromatic N) is 1. The molecule has 0 unspecified atom stereocenters. The molecule has 0 aromatic heterocycles. The Labute approximate surface area is 193 Å². The largest absolute Gasteiger partial charge is 0.326 e. The average Bonchev–Trinajstić information content (AvgIpc) is 2.85. The number of hydrogen-bond donors (Lipinski definition) is 1. The third kappa shape index (κ3) is 5.59. The fourth-order valence-electron chi connectivity index (χ4n) is 3.73. The van der Waals surface area contributed by atoms with Crippen LogP contribution in [0.4, 0.5) is 5.69 Å². The Morgan fingerprint density at radius 2 is 1.59 bits per heavy atom. The van der Waals surface area contributed by atoms with Gasteiger partial charge in [-0.1, -0.05) is 48.5 Å². The SMILES string of the molecule is O=C(Nc1ccc(CSc2ccccc2)cc1)[C@H]1CCCN(S(=O)(=O)c2ccccc2)C1. The molecule has 0 aliphatic carbocycles. The van der Waals surface area contributed by atoms with Gasteiger partial charge in [-0.2, -0.15) is 4.31 Å². The summed E-state index contributed by atoms with van der Waals surface area (Å²) in [6.45, 7) is 0.643. The molecule has 0 radical (unpaired) electrons. The number of carbonyl (C=O) groups is 1. The van der Waals surface area contributed by atoms with Crippen LogP contribution in [0.15, 0.2) is 94.7 Å². The van der Waals surface area contributed by atoms with Gasteiger partial charge in [-0.15, -0.1) is 11.8 Å². The minimum Gasteiger partial charge on any atom is -0.326 e. The van der Waals surface area contributed by atoms with Crippen LogP contribution in [0.5, 0.6) is 0 Å². The molecule has 0 saturated carbocycles. The van der Waals surface area contributed by atoms with Crippen molar-refractivity contribution in [1.82, 2.24) is 4.31 Å². The summed E-state index contributed by atoms with van der Waals surface area (Å²) >= 11 is 1.77. The van der Waals surface area contributed by atoms with E-state index in [2.05, 4.69) is 17.4 Å². The van der Waals surface area contributed by atoms with Crippen molar-refractivity contribution in [2.75, 3.05) is 18.4 Å². The van der Waals surface area contributed by atoms with E-state index >= 15 is 0 Å². The van der Waals surface area contributed by atoms with E-state index in [0.29, 0.717) is 19.4 Å². The first kappa shape index (κ1) is 22.6. The summed E-state index contributed by atoms with van der Waals surface area (Å²) in [7, 11) is -3.59. The smallest absolute Gasteiger partial charge is 0.243 e. The molecule has 1 fully saturated rings. The number of rotatable bonds is 7. The van der Waals surface area contributed by atoms with Gasteiger partial charge in [-0.05, 0) is 54.8 Å². The third-order valence-corrected chi connectivity index (χ3v) is 8.47. The molecule has 3 aromatic rings. The molecule has 1 aliphatic rings. The van der Waals surface area contributed by atoms with Crippen molar-refractivity contribution < 1.29 is 13.2 Å². The van der Waals surface area contributed by atoms with Gasteiger partial charge >= 0.3 is 0 Å². The summed E-state index contributed by atoms with van der Waals surface area (Å²) < 4.78 is 27.2. The van der Waals surface area contributed by atoms with E-state index in [1.165, 1.54) is 14.8 Å². The van der Waals surface area contributed by atoms with E-state index < -0.39 is 10.0 Å². The molecule has 1 amide bonds. The van der Waals surface area contributed by atoms with Crippen LogP contribution in [0.1, 0.15) is 18.4 Å². The summed E-state index contributed by atoms with van der Waals surface area (Å²) in [6.07, 6.45) is 1.35. The number of anilines is 1. The third-order valence-electron chi connectivity index (χ3n) is 5.51. The van der Waals surface area contributed by atoms with Crippen LogP contribution in [0, 0.1) is 5.92 Å². The van der Waals surface area contributed by atoms with Gasteiger partial charge in [0.25, 0.3) is 0 Å². The first-order chi connectivity index (χ1) is 15.5. The number of nitrogens with one attached hydrogen (secondary N) is 1. The molecule has 7 heteroatoms. The van der Waals surface area contributed by atoms with Crippen molar-refractivity contribution in [1.29, 1.82) is 0 Å². The molecular weight excluding hydrogens is 440 g/mol. The van der Waals surface area contributed by atoms with Crippen LogP contribution in [0.3, 0.4) is 0 Å². The summed E-state index contributed by atoms with van der Waals surface area (Å²) in [4.78, 5) is 14.3. The average molecular weight is 467 g/mol. The fraction of sp³-hybridized carbons (Fsp3) is 0.240. The lowest BCUT2D eigenvalue weighted by molar-refractivity contribution is -0.120. The van der Waals surface area contributed by atoms with E-state index in [9.17, 15) is 13.2 Å². The molecule has 5 nitrogen and oxygen atoms in total. The quantitative estimate of drug-likeness (QED) is 0.497. The standard InChI is InChI=1S/C25H26N2O3S2/c28-25(21-8-7-17-27(18-21)32(29,30)24-11-5-2-6-12-24)26-22-15-13-20(14-16-22)19-31-23-9-3-1-4-10-23/h1-6,9-16,21H,7-8,17-19H2,(H,26,28)/t21-/m0/s1. The van der Waals surface area contributed by atoms with Crippen molar-refractivity contribution in [3.63, 3.8) is 0 Å². The van der Waals surface area contributed by atoms with E-state index in [0.717, 1.165) is 11.4 Å². The van der Waals surface area contributed by atoms with Gasteiger partial charge in [0.05, 0.1) is 10.8 Å². The first-order valence-corrected chi connectivity index (χ1v) is 13.1. The highest BCUT2D eigenvalue weighted by Crippen LogP contribution is 2.26. The summed E-state index contributed by atoms with van der Waals surface area (Å²) in [5.41, 5.74) is 1.90. The predicted octanol–water partition coefficient (Wildman–Crippen LogP) is 5.02. The van der Waals surface area contributed by atoms with Gasteiger partial charge in [0, 0.05) is 29.4 Å². The molecule has 0 spiro atoms. The second-order valence-corrected chi connectivity index (χ2v) is 10.8. The second kappa shape index (κ2) is 10.3. The number of hydrogen-bond acceptors (Lipinski definition) is 4. The summed E-state index contributed by atoms with van der Waals surface area (Å²) in [6, 6.07) is 26.5. The highest BCUT2D eigenvalue weighted by atomic mass is 32.2. The van der Waals surface area contributed by atoms with E-state index in [1.807, 2.05) is 42.5 Å². The molecule has 1 aliphatic heterocycles. The molecule has 1 N–H and O–H groups in total. The van der Waals surface area contributed by atoms with Crippen LogP contribution in [-0.4, -0.2) is 31.7 Å². The number of piperidine rings is 1. The topological polar surface area (TPSA) is 66.5 Å². The van der Waals surface area contributed by atoms with Crippen LogP contribution < -0.4 is 5.32 Å². The van der Waals surface area contributed by atoms with Gasteiger partial charge in [0.1, 0.15) is 0 Å². The monoisotopic (exact) mass is 466 g/mol. The van der Waals surface area contributed by atoms with Crippen molar-refractivity contribution in [3.8, 4) is 0 Å². The molecule has 0 bridgehead atoms. The zero-order valence-electron chi connectivity index (χ0n) is 17.7. The van der Waals surface area contributed by atoms with Gasteiger partial charge in [0.15, 0.2) is 0 Å². The summed E-state index contributed by atoms with van der Waals surface area (Å²) in [5, 5.41) is 2.96. The molecule has 4 rings (SSSR count). The Morgan fingerprint density at radius 3 is 2.28 bits per heavy atom. The number of amides is 1. The Morgan fingerprint density at radius 1 is 0.938 bits per heavy atom. The van der Waals surface area contributed by atoms with Crippen molar-refractivity contribution in [2.24, 2.45) is 5.92 Å².